The van der Waals surface area contributed by atoms with Crippen LogP contribution in [-0.4, -0.2) is 11.1 Å². The lowest BCUT2D eigenvalue weighted by molar-refractivity contribution is 0.405. The molecule has 112 valence electrons. The average molecular weight is 275 g/mol. The van der Waals surface area contributed by atoms with Gasteiger partial charge in [-0.1, -0.05) is 20.8 Å². The Morgan fingerprint density at radius 3 is 2.65 bits per heavy atom. The molecule has 1 heterocycles. The Morgan fingerprint density at radius 1 is 1.40 bits per heavy atom. The molecule has 0 amide bonds. The first-order chi connectivity index (χ1) is 9.39. The Kier molecular flexibility index (Phi) is 6.29. The first-order valence-corrected chi connectivity index (χ1v) is 7.70. The van der Waals surface area contributed by atoms with Gasteiger partial charge in [0.1, 0.15) is 0 Å². The van der Waals surface area contributed by atoms with Gasteiger partial charge in [-0.15, -0.1) is 0 Å². The third kappa shape index (κ3) is 5.02. The summed E-state index contributed by atoms with van der Waals surface area (Å²) in [6, 6.07) is 4.98. The fourth-order valence-electron chi connectivity index (χ4n) is 2.29. The van der Waals surface area contributed by atoms with E-state index < -0.39 is 0 Å². The van der Waals surface area contributed by atoms with E-state index in [-0.39, 0.29) is 5.41 Å². The molecule has 0 saturated carbocycles. The number of nitrogens with one attached hydrogen (secondary N) is 1. The molecule has 0 saturated heterocycles. The number of hydrogen-bond acceptors (Lipinski definition) is 2. The van der Waals surface area contributed by atoms with Crippen molar-refractivity contribution in [3.8, 4) is 6.07 Å². The fourth-order valence-corrected chi connectivity index (χ4v) is 2.29. The van der Waals surface area contributed by atoms with Crippen LogP contribution < -0.4 is 5.32 Å². The van der Waals surface area contributed by atoms with Gasteiger partial charge in [0.25, 0.3) is 0 Å². The molecular formula is C17H29N3. The van der Waals surface area contributed by atoms with E-state index >= 15 is 0 Å². The predicted octanol–water partition coefficient (Wildman–Crippen LogP) is 4.12. The number of nitrogens with zero attached hydrogens (tertiary/aromatic N) is 2. The molecule has 1 aromatic rings. The molecule has 1 rings (SSSR count). The van der Waals surface area contributed by atoms with Crippen LogP contribution in [0, 0.1) is 22.7 Å². The Labute approximate surface area is 124 Å². The maximum Gasteiger partial charge on any atom is 0.0684 e. The van der Waals surface area contributed by atoms with Gasteiger partial charge < -0.3 is 9.88 Å². The van der Waals surface area contributed by atoms with Crippen LogP contribution in [0.2, 0.25) is 0 Å². The smallest absolute Gasteiger partial charge is 0.0684 e. The van der Waals surface area contributed by atoms with Gasteiger partial charge in [-0.3, -0.25) is 0 Å². The van der Waals surface area contributed by atoms with Gasteiger partial charge in [-0.2, -0.15) is 5.26 Å². The van der Waals surface area contributed by atoms with Crippen molar-refractivity contribution < 1.29 is 0 Å². The van der Waals surface area contributed by atoms with Crippen molar-refractivity contribution in [2.24, 2.45) is 11.3 Å². The highest BCUT2D eigenvalue weighted by molar-refractivity contribution is 5.16. The van der Waals surface area contributed by atoms with Crippen molar-refractivity contribution in [2.45, 2.75) is 60.0 Å². The topological polar surface area (TPSA) is 40.8 Å². The normalized spacial score (nSPS) is 13.4. The number of hydrogen-bond donors (Lipinski definition) is 1. The molecule has 0 aliphatic rings. The second-order valence-electron chi connectivity index (χ2n) is 6.60. The zero-order valence-electron chi connectivity index (χ0n) is 13.6. The number of aromatic nitrogens is 1. The lowest BCUT2D eigenvalue weighted by atomic mass is 9.91. The number of aryl methyl sites for hydroxylation is 1. The first kappa shape index (κ1) is 16.8. The van der Waals surface area contributed by atoms with Crippen LogP contribution in [0.25, 0.3) is 0 Å². The van der Waals surface area contributed by atoms with Gasteiger partial charge in [0.2, 0.25) is 0 Å². The molecule has 0 spiro atoms. The maximum absolute atomic E-state index is 9.07. The molecule has 0 bridgehead atoms. The zero-order chi connectivity index (χ0) is 15.2. The largest absolute Gasteiger partial charge is 0.354 e. The van der Waals surface area contributed by atoms with Crippen LogP contribution in [-0.2, 0) is 6.54 Å². The molecule has 0 radical (unpaired) electrons. The molecule has 0 aliphatic heterocycles. The Hall–Kier alpha value is -1.27. The van der Waals surface area contributed by atoms with Crippen LogP contribution in [0.1, 0.15) is 59.1 Å². The summed E-state index contributed by atoms with van der Waals surface area (Å²) in [7, 11) is 0. The molecule has 0 aliphatic carbocycles. The Morgan fingerprint density at radius 2 is 2.10 bits per heavy atom. The quantitative estimate of drug-likeness (QED) is 0.775. The zero-order valence-corrected chi connectivity index (χ0v) is 13.6. The second kappa shape index (κ2) is 7.50. The second-order valence-corrected chi connectivity index (χ2v) is 6.60. The summed E-state index contributed by atoms with van der Waals surface area (Å²) in [4.78, 5) is 0. The minimum absolute atomic E-state index is 0.248. The van der Waals surface area contributed by atoms with E-state index in [1.807, 2.05) is 13.8 Å². The summed E-state index contributed by atoms with van der Waals surface area (Å²) in [5, 5.41) is 12.7. The average Bonchev–Trinajstić information content (AvgIpc) is 2.85. The molecule has 1 unspecified atom stereocenters. The highest BCUT2D eigenvalue weighted by atomic mass is 15.0. The number of rotatable bonds is 8. The van der Waals surface area contributed by atoms with Crippen LogP contribution >= 0.6 is 0 Å². The summed E-state index contributed by atoms with van der Waals surface area (Å²) in [6.07, 6.45) is 6.39. The molecule has 1 atom stereocenters. The van der Waals surface area contributed by atoms with Crippen LogP contribution in [0.3, 0.4) is 0 Å². The van der Waals surface area contributed by atoms with Crippen molar-refractivity contribution in [2.75, 3.05) is 6.54 Å². The lowest BCUT2D eigenvalue weighted by Crippen LogP contribution is -2.26. The third-order valence-corrected chi connectivity index (χ3v) is 3.71. The lowest BCUT2D eigenvalue weighted by Gasteiger charge is -2.21. The van der Waals surface area contributed by atoms with Crippen LogP contribution in [0.4, 0.5) is 0 Å². The minimum Gasteiger partial charge on any atom is -0.354 e. The summed E-state index contributed by atoms with van der Waals surface area (Å²) in [6.45, 7) is 12.6. The van der Waals surface area contributed by atoms with E-state index in [4.69, 9.17) is 5.26 Å². The maximum atomic E-state index is 9.07. The minimum atomic E-state index is -0.248. The van der Waals surface area contributed by atoms with Crippen molar-refractivity contribution in [3.05, 3.63) is 24.0 Å². The van der Waals surface area contributed by atoms with Crippen molar-refractivity contribution >= 4 is 0 Å². The van der Waals surface area contributed by atoms with Crippen LogP contribution in [0.15, 0.2) is 18.5 Å². The Balaban J connectivity index is 2.67. The summed E-state index contributed by atoms with van der Waals surface area (Å²) in [5.41, 5.74) is 1.10. The van der Waals surface area contributed by atoms with Crippen LogP contribution in [0.5, 0.6) is 0 Å². The van der Waals surface area contributed by atoms with E-state index in [0.717, 1.165) is 25.9 Å². The van der Waals surface area contributed by atoms with E-state index in [1.165, 1.54) is 5.56 Å². The fraction of sp³-hybridized carbons (Fsp3) is 0.706. The van der Waals surface area contributed by atoms with Crippen molar-refractivity contribution in [1.29, 1.82) is 5.26 Å². The monoisotopic (exact) mass is 275 g/mol. The van der Waals surface area contributed by atoms with E-state index in [9.17, 15) is 0 Å². The number of nitriles is 1. The molecule has 20 heavy (non-hydrogen) atoms. The van der Waals surface area contributed by atoms with Gasteiger partial charge >= 0.3 is 0 Å². The van der Waals surface area contributed by atoms with Gasteiger partial charge in [-0.05, 0) is 50.8 Å². The van der Waals surface area contributed by atoms with Crippen molar-refractivity contribution in [3.63, 3.8) is 0 Å². The summed E-state index contributed by atoms with van der Waals surface area (Å²) < 4.78 is 2.21. The van der Waals surface area contributed by atoms with Crippen molar-refractivity contribution in [1.82, 2.24) is 9.88 Å². The van der Waals surface area contributed by atoms with E-state index in [1.54, 1.807) is 0 Å². The molecule has 1 aromatic heterocycles. The molecular weight excluding hydrogens is 246 g/mol. The van der Waals surface area contributed by atoms with Gasteiger partial charge in [-0.25, -0.2) is 0 Å². The molecule has 3 nitrogen and oxygen atoms in total. The van der Waals surface area contributed by atoms with Gasteiger partial charge in [0, 0.05) is 25.0 Å². The molecule has 1 N–H and O–H groups in total. The first-order valence-electron chi connectivity index (χ1n) is 7.70. The molecule has 3 heteroatoms. The standard InChI is InChI=1S/C17H29N3/c1-6-9-19-16(14(2)3)15-7-10-20(12-15)11-8-17(4,5)13-18/h7,10,12,14,16,19H,6,8-9,11H2,1-5H3. The van der Waals surface area contributed by atoms with Gasteiger partial charge in [0.05, 0.1) is 11.5 Å². The van der Waals surface area contributed by atoms with E-state index in [2.05, 4.69) is 55.2 Å². The third-order valence-electron chi connectivity index (χ3n) is 3.71. The van der Waals surface area contributed by atoms with Gasteiger partial charge in [0.15, 0.2) is 0 Å². The predicted molar refractivity (Wildman–Crippen MR) is 84.3 cm³/mol. The Bertz CT molecular complexity index is 437. The highest BCUT2D eigenvalue weighted by Crippen LogP contribution is 2.24. The SMILES string of the molecule is CCCNC(c1ccn(CCC(C)(C)C#N)c1)C(C)C. The van der Waals surface area contributed by atoms with E-state index in [0.29, 0.717) is 12.0 Å². The summed E-state index contributed by atoms with van der Waals surface area (Å²) in [5.74, 6) is 0.577. The molecule has 0 fully saturated rings. The molecule has 0 aromatic carbocycles. The summed E-state index contributed by atoms with van der Waals surface area (Å²) >= 11 is 0. The highest BCUT2D eigenvalue weighted by Gasteiger charge is 2.18.